The number of ether oxygens (including phenoxy) is 1. The Hall–Kier alpha value is -3.91. The number of benzene rings is 2. The number of amides is 1. The number of likely N-dealkylation sites (N-methyl/N-ethyl adjacent to an activating group) is 1. The van der Waals surface area contributed by atoms with E-state index >= 15 is 0 Å². The first-order chi connectivity index (χ1) is 16.5. The quantitative estimate of drug-likeness (QED) is 0.402. The van der Waals surface area contributed by atoms with Gasteiger partial charge in [-0.1, -0.05) is 44.2 Å². The van der Waals surface area contributed by atoms with Crippen molar-refractivity contribution in [2.75, 3.05) is 36.9 Å². The van der Waals surface area contributed by atoms with Crippen molar-refractivity contribution in [3.8, 4) is 22.6 Å². The lowest BCUT2D eigenvalue weighted by atomic mass is 10.1. The van der Waals surface area contributed by atoms with Crippen LogP contribution in [-0.4, -0.2) is 51.6 Å². The fraction of sp³-hybridized carbons (Fsp3) is 0.269. The van der Waals surface area contributed by atoms with Crippen molar-refractivity contribution < 1.29 is 9.53 Å². The number of carbonyl (C=O) groups is 1. The van der Waals surface area contributed by atoms with Crippen LogP contribution in [0.25, 0.3) is 22.2 Å². The van der Waals surface area contributed by atoms with Crippen LogP contribution in [0, 0.1) is 0 Å². The molecular formula is C26H30N6O2. The predicted octanol–water partition coefficient (Wildman–Crippen LogP) is 4.30. The molecule has 2 N–H and O–H groups in total. The van der Waals surface area contributed by atoms with Crippen LogP contribution < -0.4 is 15.5 Å². The Labute approximate surface area is 199 Å². The fourth-order valence-electron chi connectivity index (χ4n) is 3.99. The maximum Gasteiger partial charge on any atom is 0.238 e. The van der Waals surface area contributed by atoms with Crippen LogP contribution in [0.5, 0.6) is 11.5 Å². The van der Waals surface area contributed by atoms with Gasteiger partial charge in [0.1, 0.15) is 23.6 Å². The first-order valence-corrected chi connectivity index (χ1v) is 11.5. The lowest BCUT2D eigenvalue weighted by molar-refractivity contribution is -0.118. The van der Waals surface area contributed by atoms with Crippen LogP contribution in [0.15, 0.2) is 67.1 Å². The molecule has 0 saturated heterocycles. The minimum atomic E-state index is -0.0700. The lowest BCUT2D eigenvalue weighted by Crippen LogP contribution is -2.44. The summed E-state index contributed by atoms with van der Waals surface area (Å²) in [4.78, 5) is 23.6. The van der Waals surface area contributed by atoms with Crippen molar-refractivity contribution in [2.45, 2.75) is 20.8 Å². The SMILES string of the molecule is CCN(CC)CCN(C(C)=O)n1cc(-c2ccc(Oc3ccccc3)cc2)c2c(N)ncnc21. The molecule has 4 rings (SSSR count). The number of rotatable bonds is 9. The highest BCUT2D eigenvalue weighted by molar-refractivity contribution is 6.01. The molecule has 0 fully saturated rings. The monoisotopic (exact) mass is 458 g/mol. The lowest BCUT2D eigenvalue weighted by Gasteiger charge is -2.26. The first kappa shape index (κ1) is 23.3. The van der Waals surface area contributed by atoms with Gasteiger partial charge < -0.3 is 15.4 Å². The minimum Gasteiger partial charge on any atom is -0.457 e. The number of nitrogens with zero attached hydrogens (tertiary/aromatic N) is 5. The topological polar surface area (TPSA) is 89.5 Å². The maximum absolute atomic E-state index is 12.6. The van der Waals surface area contributed by atoms with Crippen molar-refractivity contribution in [3.05, 3.63) is 67.1 Å². The molecule has 1 amide bonds. The molecule has 0 aliphatic carbocycles. The van der Waals surface area contributed by atoms with Gasteiger partial charge in [-0.05, 0) is 42.9 Å². The highest BCUT2D eigenvalue weighted by atomic mass is 16.5. The molecule has 4 aromatic rings. The molecule has 8 heteroatoms. The van der Waals surface area contributed by atoms with Crippen molar-refractivity contribution in [2.24, 2.45) is 0 Å². The number of aromatic nitrogens is 3. The predicted molar refractivity (Wildman–Crippen MR) is 135 cm³/mol. The zero-order chi connectivity index (χ0) is 24.1. The van der Waals surface area contributed by atoms with Crippen LogP contribution in [0.3, 0.4) is 0 Å². The molecule has 0 aliphatic rings. The Balaban J connectivity index is 1.70. The average molecular weight is 459 g/mol. The van der Waals surface area contributed by atoms with Gasteiger partial charge in [-0.2, -0.15) is 0 Å². The standard InChI is InChI=1S/C26H30N6O2/c1-4-30(5-2)15-16-31(19(3)33)32-17-23(24-25(27)28-18-29-26(24)32)20-11-13-22(14-12-20)34-21-9-7-6-8-10-21/h6-14,17-18H,4-5,15-16H2,1-3H3,(H2,27,28,29). The first-order valence-electron chi connectivity index (χ1n) is 11.5. The Morgan fingerprint density at radius 3 is 2.29 bits per heavy atom. The molecule has 2 aromatic carbocycles. The van der Waals surface area contributed by atoms with Crippen molar-refractivity contribution in [1.82, 2.24) is 19.5 Å². The normalized spacial score (nSPS) is 11.2. The number of nitrogens with two attached hydrogens (primary N) is 1. The van der Waals surface area contributed by atoms with Gasteiger partial charge in [0.05, 0.1) is 11.9 Å². The van der Waals surface area contributed by atoms with Crippen LogP contribution in [-0.2, 0) is 4.79 Å². The van der Waals surface area contributed by atoms with Gasteiger partial charge in [-0.15, -0.1) is 0 Å². The maximum atomic E-state index is 12.6. The van der Waals surface area contributed by atoms with E-state index in [1.165, 1.54) is 6.33 Å². The van der Waals surface area contributed by atoms with Gasteiger partial charge in [0.15, 0.2) is 5.65 Å². The number of para-hydroxylation sites is 1. The van der Waals surface area contributed by atoms with Crippen molar-refractivity contribution in [1.29, 1.82) is 0 Å². The second-order valence-corrected chi connectivity index (χ2v) is 7.95. The van der Waals surface area contributed by atoms with Gasteiger partial charge in [-0.25, -0.2) is 19.7 Å². The van der Waals surface area contributed by atoms with Gasteiger partial charge in [-0.3, -0.25) is 4.79 Å². The summed E-state index contributed by atoms with van der Waals surface area (Å²) in [5, 5.41) is 2.41. The summed E-state index contributed by atoms with van der Waals surface area (Å²) in [6.07, 6.45) is 3.34. The molecule has 0 aliphatic heterocycles. The van der Waals surface area contributed by atoms with E-state index in [1.807, 2.05) is 60.8 Å². The molecule has 34 heavy (non-hydrogen) atoms. The van der Waals surface area contributed by atoms with E-state index < -0.39 is 0 Å². The fourth-order valence-corrected chi connectivity index (χ4v) is 3.99. The third-order valence-electron chi connectivity index (χ3n) is 5.88. The Morgan fingerprint density at radius 1 is 0.971 bits per heavy atom. The largest absolute Gasteiger partial charge is 0.457 e. The van der Waals surface area contributed by atoms with Crippen molar-refractivity contribution in [3.63, 3.8) is 0 Å². The van der Waals surface area contributed by atoms with E-state index in [0.717, 1.165) is 42.3 Å². The van der Waals surface area contributed by atoms with Gasteiger partial charge in [0.25, 0.3) is 0 Å². The van der Waals surface area contributed by atoms with Crippen molar-refractivity contribution >= 4 is 22.8 Å². The van der Waals surface area contributed by atoms with E-state index in [-0.39, 0.29) is 5.91 Å². The molecule has 0 spiro atoms. The molecule has 8 nitrogen and oxygen atoms in total. The summed E-state index contributed by atoms with van der Waals surface area (Å²) in [5.41, 5.74) is 8.66. The number of nitrogen functional groups attached to an aromatic ring is 1. The molecule has 0 saturated carbocycles. The Bertz CT molecular complexity index is 1250. The molecular weight excluding hydrogens is 428 g/mol. The summed E-state index contributed by atoms with van der Waals surface area (Å²) in [6, 6.07) is 17.4. The Morgan fingerprint density at radius 2 is 1.65 bits per heavy atom. The van der Waals surface area contributed by atoms with Crippen LogP contribution >= 0.6 is 0 Å². The molecule has 0 radical (unpaired) electrons. The summed E-state index contributed by atoms with van der Waals surface area (Å²) in [6.45, 7) is 8.93. The van der Waals surface area contributed by atoms with Gasteiger partial charge in [0, 0.05) is 25.2 Å². The van der Waals surface area contributed by atoms with E-state index in [1.54, 1.807) is 16.6 Å². The smallest absolute Gasteiger partial charge is 0.238 e. The Kier molecular flexibility index (Phi) is 7.08. The zero-order valence-electron chi connectivity index (χ0n) is 19.8. The van der Waals surface area contributed by atoms with Gasteiger partial charge >= 0.3 is 0 Å². The number of hydrogen-bond donors (Lipinski definition) is 1. The summed E-state index contributed by atoms with van der Waals surface area (Å²) in [5.74, 6) is 1.80. The molecule has 0 atom stereocenters. The average Bonchev–Trinajstić information content (AvgIpc) is 3.23. The summed E-state index contributed by atoms with van der Waals surface area (Å²) in [7, 11) is 0. The highest BCUT2D eigenvalue weighted by Gasteiger charge is 2.21. The van der Waals surface area contributed by atoms with E-state index in [4.69, 9.17) is 10.5 Å². The molecule has 176 valence electrons. The van der Waals surface area contributed by atoms with Crippen LogP contribution in [0.2, 0.25) is 0 Å². The molecule has 2 heterocycles. The van der Waals surface area contributed by atoms with Crippen LogP contribution in [0.1, 0.15) is 20.8 Å². The highest BCUT2D eigenvalue weighted by Crippen LogP contribution is 2.34. The number of hydrogen-bond acceptors (Lipinski definition) is 6. The third-order valence-corrected chi connectivity index (χ3v) is 5.88. The molecule has 0 unspecified atom stereocenters. The number of anilines is 1. The molecule has 2 aromatic heterocycles. The third kappa shape index (κ3) is 4.87. The number of fused-ring (bicyclic) bond motifs is 1. The second kappa shape index (κ2) is 10.4. The van der Waals surface area contributed by atoms with E-state index in [9.17, 15) is 4.79 Å². The number of carbonyl (C=O) groups excluding carboxylic acids is 1. The summed E-state index contributed by atoms with van der Waals surface area (Å²) < 4.78 is 7.71. The zero-order valence-corrected chi connectivity index (χ0v) is 19.8. The molecule has 0 bridgehead atoms. The second-order valence-electron chi connectivity index (χ2n) is 7.95. The summed E-state index contributed by atoms with van der Waals surface area (Å²) >= 11 is 0. The minimum absolute atomic E-state index is 0.0700. The van der Waals surface area contributed by atoms with E-state index in [0.29, 0.717) is 23.4 Å². The van der Waals surface area contributed by atoms with Gasteiger partial charge in [0.2, 0.25) is 5.91 Å². The van der Waals surface area contributed by atoms with E-state index in [2.05, 4.69) is 28.7 Å². The van der Waals surface area contributed by atoms with Crippen LogP contribution in [0.4, 0.5) is 5.82 Å².